The molecule has 5 heteroatoms. The molecule has 1 aromatic carbocycles. The van der Waals surface area contributed by atoms with Gasteiger partial charge in [0, 0.05) is 6.04 Å². The van der Waals surface area contributed by atoms with Crippen LogP contribution < -0.4 is 5.32 Å². The van der Waals surface area contributed by atoms with E-state index in [1.54, 1.807) is 0 Å². The Balaban J connectivity index is 1.83. The highest BCUT2D eigenvalue weighted by atomic mass is 16.5. The van der Waals surface area contributed by atoms with Gasteiger partial charge in [-0.05, 0) is 25.3 Å². The first-order valence-corrected chi connectivity index (χ1v) is 7.28. The number of benzene rings is 1. The highest BCUT2D eigenvalue weighted by Crippen LogP contribution is 2.24. The number of hydrogen-bond donors (Lipinski definition) is 2. The summed E-state index contributed by atoms with van der Waals surface area (Å²) in [7, 11) is 0. The summed E-state index contributed by atoms with van der Waals surface area (Å²) in [6.45, 7) is 2.18. The summed E-state index contributed by atoms with van der Waals surface area (Å²) >= 11 is 0. The number of aliphatic carboxylic acids is 1. The van der Waals surface area contributed by atoms with Crippen LogP contribution in [0.2, 0.25) is 0 Å². The Morgan fingerprint density at radius 3 is 2.57 bits per heavy atom. The van der Waals surface area contributed by atoms with Gasteiger partial charge >= 0.3 is 12.1 Å². The van der Waals surface area contributed by atoms with E-state index >= 15 is 0 Å². The summed E-state index contributed by atoms with van der Waals surface area (Å²) in [4.78, 5) is 23.0. The third kappa shape index (κ3) is 4.48. The number of ether oxygens (including phenoxy) is 1. The highest BCUT2D eigenvalue weighted by Gasteiger charge is 2.32. The molecule has 1 fully saturated rings. The SMILES string of the molecule is Cc1ccc(COC(=O)N[C@@H]2CCCC[C@H]2C(=O)O)cc1. The average Bonchev–Trinajstić information content (AvgIpc) is 2.47. The van der Waals surface area contributed by atoms with Crippen molar-refractivity contribution < 1.29 is 19.4 Å². The highest BCUT2D eigenvalue weighted by molar-refractivity contribution is 5.73. The fourth-order valence-corrected chi connectivity index (χ4v) is 2.63. The van der Waals surface area contributed by atoms with E-state index in [-0.39, 0.29) is 12.6 Å². The van der Waals surface area contributed by atoms with E-state index in [0.717, 1.165) is 24.0 Å². The minimum absolute atomic E-state index is 0.191. The number of carbonyl (C=O) groups excluding carboxylic acids is 1. The average molecular weight is 291 g/mol. The van der Waals surface area contributed by atoms with Gasteiger partial charge in [0.2, 0.25) is 0 Å². The number of carbonyl (C=O) groups is 2. The lowest BCUT2D eigenvalue weighted by Gasteiger charge is -2.28. The minimum Gasteiger partial charge on any atom is -0.481 e. The number of carboxylic acids is 1. The molecule has 2 rings (SSSR count). The van der Waals surface area contributed by atoms with Crippen LogP contribution in [-0.4, -0.2) is 23.2 Å². The molecule has 0 bridgehead atoms. The van der Waals surface area contributed by atoms with Crippen LogP contribution in [0.5, 0.6) is 0 Å². The summed E-state index contributed by atoms with van der Waals surface area (Å²) < 4.78 is 5.16. The Kier molecular flexibility index (Phi) is 5.20. The van der Waals surface area contributed by atoms with Crippen LogP contribution in [0, 0.1) is 12.8 Å². The maximum Gasteiger partial charge on any atom is 0.407 e. The molecule has 114 valence electrons. The zero-order chi connectivity index (χ0) is 15.2. The number of amides is 1. The van der Waals surface area contributed by atoms with Crippen LogP contribution in [-0.2, 0) is 16.1 Å². The van der Waals surface area contributed by atoms with Gasteiger partial charge in [-0.25, -0.2) is 4.79 Å². The van der Waals surface area contributed by atoms with Crippen molar-refractivity contribution in [2.24, 2.45) is 5.92 Å². The molecule has 1 aliphatic carbocycles. The number of aryl methyl sites for hydroxylation is 1. The van der Waals surface area contributed by atoms with Gasteiger partial charge in [-0.15, -0.1) is 0 Å². The van der Waals surface area contributed by atoms with Gasteiger partial charge in [-0.1, -0.05) is 42.7 Å². The molecule has 1 saturated carbocycles. The third-order valence-corrected chi connectivity index (χ3v) is 3.88. The van der Waals surface area contributed by atoms with Crippen LogP contribution in [0.1, 0.15) is 36.8 Å². The second-order valence-electron chi connectivity index (χ2n) is 5.54. The van der Waals surface area contributed by atoms with Crippen LogP contribution in [0.4, 0.5) is 4.79 Å². The molecule has 2 atom stereocenters. The van der Waals surface area contributed by atoms with Crippen LogP contribution in [0.25, 0.3) is 0 Å². The first-order valence-electron chi connectivity index (χ1n) is 7.28. The van der Waals surface area contributed by atoms with Crippen LogP contribution in [0.15, 0.2) is 24.3 Å². The molecular formula is C16H21NO4. The third-order valence-electron chi connectivity index (χ3n) is 3.88. The molecule has 5 nitrogen and oxygen atoms in total. The largest absolute Gasteiger partial charge is 0.481 e. The normalized spacial score (nSPS) is 21.6. The van der Waals surface area contributed by atoms with Crippen molar-refractivity contribution in [3.63, 3.8) is 0 Å². The maximum absolute atomic E-state index is 11.8. The maximum atomic E-state index is 11.8. The van der Waals surface area contributed by atoms with Gasteiger partial charge in [0.15, 0.2) is 0 Å². The van der Waals surface area contributed by atoms with E-state index < -0.39 is 18.0 Å². The minimum atomic E-state index is -0.849. The molecule has 1 amide bonds. The molecule has 0 spiro atoms. The zero-order valence-electron chi connectivity index (χ0n) is 12.2. The predicted octanol–water partition coefficient (Wildman–Crippen LogP) is 2.86. The molecule has 21 heavy (non-hydrogen) atoms. The van der Waals surface area contributed by atoms with E-state index in [9.17, 15) is 9.59 Å². The number of hydrogen-bond acceptors (Lipinski definition) is 3. The molecule has 0 aromatic heterocycles. The number of carboxylic acid groups (broad SMARTS) is 1. The summed E-state index contributed by atoms with van der Waals surface area (Å²) in [6.07, 6.45) is 2.59. The van der Waals surface area contributed by atoms with Gasteiger partial charge in [-0.2, -0.15) is 0 Å². The van der Waals surface area contributed by atoms with E-state index in [1.165, 1.54) is 0 Å². The Morgan fingerprint density at radius 2 is 1.90 bits per heavy atom. The van der Waals surface area contributed by atoms with Gasteiger partial charge < -0.3 is 15.2 Å². The van der Waals surface area contributed by atoms with E-state index in [2.05, 4.69) is 5.32 Å². The van der Waals surface area contributed by atoms with E-state index in [0.29, 0.717) is 12.8 Å². The number of rotatable bonds is 4. The first kappa shape index (κ1) is 15.4. The summed E-state index contributed by atoms with van der Waals surface area (Å²) in [5, 5.41) is 11.9. The predicted molar refractivity (Wildman–Crippen MR) is 77.9 cm³/mol. The van der Waals surface area contributed by atoms with E-state index in [4.69, 9.17) is 9.84 Å². The summed E-state index contributed by atoms with van der Waals surface area (Å²) in [6, 6.07) is 7.39. The van der Waals surface area contributed by atoms with Crippen molar-refractivity contribution >= 4 is 12.1 Å². The second-order valence-corrected chi connectivity index (χ2v) is 5.54. The Morgan fingerprint density at radius 1 is 1.24 bits per heavy atom. The fourth-order valence-electron chi connectivity index (χ4n) is 2.63. The van der Waals surface area contributed by atoms with Gasteiger partial charge in [0.1, 0.15) is 6.61 Å². The summed E-state index contributed by atoms with van der Waals surface area (Å²) in [5.74, 6) is -1.36. The van der Waals surface area contributed by atoms with Crippen LogP contribution >= 0.6 is 0 Å². The molecule has 0 heterocycles. The van der Waals surface area contributed by atoms with Gasteiger partial charge in [0.25, 0.3) is 0 Å². The van der Waals surface area contributed by atoms with Gasteiger partial charge in [-0.3, -0.25) is 4.79 Å². The molecule has 0 aliphatic heterocycles. The van der Waals surface area contributed by atoms with Crippen molar-refractivity contribution in [1.29, 1.82) is 0 Å². The van der Waals surface area contributed by atoms with Crippen molar-refractivity contribution in [2.45, 2.75) is 45.3 Å². The lowest BCUT2D eigenvalue weighted by atomic mass is 9.85. The molecule has 1 aliphatic rings. The number of nitrogens with one attached hydrogen (secondary N) is 1. The Hall–Kier alpha value is -2.04. The molecule has 0 saturated heterocycles. The molecular weight excluding hydrogens is 270 g/mol. The zero-order valence-corrected chi connectivity index (χ0v) is 12.2. The van der Waals surface area contributed by atoms with E-state index in [1.807, 2.05) is 31.2 Å². The van der Waals surface area contributed by atoms with Crippen molar-refractivity contribution in [3.8, 4) is 0 Å². The summed E-state index contributed by atoms with van der Waals surface area (Å²) in [5.41, 5.74) is 2.06. The molecule has 0 radical (unpaired) electrons. The second kappa shape index (κ2) is 7.11. The van der Waals surface area contributed by atoms with Crippen LogP contribution in [0.3, 0.4) is 0 Å². The topological polar surface area (TPSA) is 75.6 Å². The lowest BCUT2D eigenvalue weighted by Crippen LogP contribution is -2.45. The Labute approximate surface area is 124 Å². The smallest absolute Gasteiger partial charge is 0.407 e. The number of alkyl carbamates (subject to hydrolysis) is 1. The standard InChI is InChI=1S/C16H21NO4/c1-11-6-8-12(9-7-11)10-21-16(20)17-14-5-3-2-4-13(14)15(18)19/h6-9,13-14H,2-5,10H2,1H3,(H,17,20)(H,18,19)/t13-,14-/m1/s1. The van der Waals surface area contributed by atoms with Crippen molar-refractivity contribution in [3.05, 3.63) is 35.4 Å². The lowest BCUT2D eigenvalue weighted by molar-refractivity contribution is -0.143. The molecule has 0 unspecified atom stereocenters. The van der Waals surface area contributed by atoms with Crippen molar-refractivity contribution in [2.75, 3.05) is 0 Å². The quantitative estimate of drug-likeness (QED) is 0.894. The fraction of sp³-hybridized carbons (Fsp3) is 0.500. The monoisotopic (exact) mass is 291 g/mol. The van der Waals surface area contributed by atoms with Crippen molar-refractivity contribution in [1.82, 2.24) is 5.32 Å². The molecule has 1 aromatic rings. The Bertz CT molecular complexity index is 498. The van der Waals surface area contributed by atoms with Gasteiger partial charge in [0.05, 0.1) is 5.92 Å². The first-order chi connectivity index (χ1) is 10.1. The molecule has 2 N–H and O–H groups in total.